The van der Waals surface area contributed by atoms with Gasteiger partial charge in [0.2, 0.25) is 0 Å². The van der Waals surface area contributed by atoms with Crippen LogP contribution in [0.15, 0.2) is 0 Å². The van der Waals surface area contributed by atoms with E-state index in [1.807, 2.05) is 0 Å². The molecule has 0 heterocycles. The maximum absolute atomic E-state index is 7.46. The van der Waals surface area contributed by atoms with E-state index in [1.54, 1.807) is 0 Å². The molecule has 0 spiro atoms. The lowest BCUT2D eigenvalue weighted by Crippen LogP contribution is -2.24. The second-order valence-corrected chi connectivity index (χ2v) is 1.44. The van der Waals surface area contributed by atoms with Crippen LogP contribution in [0.3, 0.4) is 0 Å². The molecule has 0 aromatic rings. The van der Waals surface area contributed by atoms with Gasteiger partial charge in [0.05, 0.1) is 0 Å². The summed E-state index contributed by atoms with van der Waals surface area (Å²) < 4.78 is 72.1. The van der Waals surface area contributed by atoms with Crippen LogP contribution in [-0.2, 0) is 0 Å². The van der Waals surface area contributed by atoms with E-state index in [-0.39, 0.29) is 23.2 Å². The summed E-state index contributed by atoms with van der Waals surface area (Å²) in [4.78, 5) is 0.132. The molecular weight excluding hydrogens is 157 g/mol. The van der Waals surface area contributed by atoms with Crippen molar-refractivity contribution in [2.45, 2.75) is 13.7 Å². The number of alkyl halides is 1. The summed E-state index contributed by atoms with van der Waals surface area (Å²) in [6.07, 6.45) is 0. The fourth-order valence-electron chi connectivity index (χ4n) is 0.224. The Morgan fingerprint density at radius 2 is 2.11 bits per heavy atom. The van der Waals surface area contributed by atoms with Gasteiger partial charge in [-0.05, 0) is 13.0 Å². The van der Waals surface area contributed by atoms with Gasteiger partial charge in [-0.3, -0.25) is 0 Å². The van der Waals surface area contributed by atoms with Crippen LogP contribution >= 0.6 is 24.0 Å². The van der Waals surface area contributed by atoms with Crippen molar-refractivity contribution in [2.24, 2.45) is 0 Å². The highest BCUT2D eigenvalue weighted by atomic mass is 35.5. The number of hydrogen-bond acceptors (Lipinski definition) is 1. The van der Waals surface area contributed by atoms with E-state index in [0.717, 1.165) is 0 Å². The summed E-state index contributed by atoms with van der Waals surface area (Å²) >= 11 is 5.37. The van der Waals surface area contributed by atoms with Crippen molar-refractivity contribution in [2.75, 3.05) is 25.4 Å². The fourth-order valence-corrected chi connectivity index (χ4v) is 0.393. The maximum Gasteiger partial charge on any atom is 0.0428 e. The third kappa shape index (κ3) is 6.42. The first-order valence-corrected chi connectivity index (χ1v) is 2.57. The summed E-state index contributed by atoms with van der Waals surface area (Å²) in [6, 6.07) is 0. The number of nitrogens with zero attached hydrogens (tertiary/aromatic N) is 1. The predicted molar refractivity (Wildman–Crippen MR) is 45.8 cm³/mol. The average molecular weight is 182 g/mol. The van der Waals surface area contributed by atoms with Gasteiger partial charge in [-0.25, -0.2) is 0 Å². The Labute approximate surface area is 82.8 Å². The summed E-state index contributed by atoms with van der Waals surface area (Å²) in [6.45, 7) is -13.2. The quantitative estimate of drug-likeness (QED) is 0.601. The highest BCUT2D eigenvalue weighted by Crippen LogP contribution is 1.86. The van der Waals surface area contributed by atoms with Crippen LogP contribution in [0.4, 0.5) is 0 Å². The van der Waals surface area contributed by atoms with Crippen LogP contribution < -0.4 is 0 Å². The Bertz CT molecular complexity index is 259. The molecule has 0 saturated carbocycles. The van der Waals surface area contributed by atoms with Crippen LogP contribution in [-0.4, -0.2) is 30.3 Å². The van der Waals surface area contributed by atoms with Crippen molar-refractivity contribution < 1.29 is 13.7 Å². The van der Waals surface area contributed by atoms with E-state index in [1.165, 1.54) is 0 Å². The zero-order chi connectivity index (χ0) is 15.0. The van der Waals surface area contributed by atoms with Crippen LogP contribution in [0.25, 0.3) is 0 Å². The smallest absolute Gasteiger partial charge is 0.0428 e. The molecule has 58 valence electrons. The zero-order valence-corrected chi connectivity index (χ0v) is 6.22. The normalized spacial score (nSPS) is 31.8. The first-order valence-electron chi connectivity index (χ1n) is 7.03. The Morgan fingerprint density at radius 3 is 2.44 bits per heavy atom. The predicted octanol–water partition coefficient (Wildman–Crippen LogP) is 1.99. The fraction of sp³-hybridized carbons (Fsp3) is 1.00. The minimum absolute atomic E-state index is 0. The van der Waals surface area contributed by atoms with Gasteiger partial charge in [0.15, 0.2) is 0 Å². The molecule has 0 aromatic carbocycles. The third-order valence-electron chi connectivity index (χ3n) is 0.578. The first-order chi connectivity index (χ1) is 7.69. The van der Waals surface area contributed by atoms with Crippen LogP contribution in [0.1, 0.15) is 27.4 Å². The highest BCUT2D eigenvalue weighted by molar-refractivity contribution is 6.18. The summed E-state index contributed by atoms with van der Waals surface area (Å²) in [5, 5.41) is 0. The van der Waals surface area contributed by atoms with Gasteiger partial charge in [-0.15, -0.1) is 24.0 Å². The standard InChI is InChI=1S/C6H14ClN.ClH/c1-3-8(4-2)6-5-7;/h3-6H2,1-2H3;1H/i1D3,2D3,3D2,4D2;. The molecule has 0 bridgehead atoms. The Balaban J connectivity index is 0. The Hall–Kier alpha value is 0.540. The third-order valence-corrected chi connectivity index (χ3v) is 0.747. The molecule has 0 aliphatic rings. The lowest BCUT2D eigenvalue weighted by molar-refractivity contribution is 0.323. The van der Waals surface area contributed by atoms with Crippen molar-refractivity contribution >= 4 is 24.0 Å². The van der Waals surface area contributed by atoms with Gasteiger partial charge < -0.3 is 4.90 Å². The molecule has 0 aliphatic heterocycles. The first kappa shape index (κ1) is 2.26. The topological polar surface area (TPSA) is 3.24 Å². The minimum atomic E-state index is -3.20. The molecule has 9 heavy (non-hydrogen) atoms. The van der Waals surface area contributed by atoms with Crippen LogP contribution in [0, 0.1) is 0 Å². The average Bonchev–Trinajstić information content (AvgIpc) is 2.09. The van der Waals surface area contributed by atoms with Gasteiger partial charge in [0.25, 0.3) is 0 Å². The van der Waals surface area contributed by atoms with Gasteiger partial charge in [-0.2, -0.15) is 0 Å². The van der Waals surface area contributed by atoms with Crippen LogP contribution in [0.5, 0.6) is 0 Å². The monoisotopic (exact) mass is 181 g/mol. The van der Waals surface area contributed by atoms with Crippen molar-refractivity contribution in [3.8, 4) is 0 Å². The van der Waals surface area contributed by atoms with Crippen molar-refractivity contribution in [1.82, 2.24) is 4.90 Å². The van der Waals surface area contributed by atoms with E-state index >= 15 is 0 Å². The maximum atomic E-state index is 7.46. The molecule has 0 rings (SSSR count). The molecule has 0 aromatic heterocycles. The van der Waals surface area contributed by atoms with Crippen molar-refractivity contribution in [3.63, 3.8) is 0 Å². The minimum Gasteiger partial charge on any atom is -0.303 e. The zero-order valence-electron chi connectivity index (χ0n) is 14.6. The van der Waals surface area contributed by atoms with E-state index in [2.05, 4.69) is 0 Å². The molecule has 0 radical (unpaired) electrons. The molecule has 1 nitrogen and oxygen atoms in total. The Morgan fingerprint density at radius 1 is 1.56 bits per heavy atom. The molecule has 0 saturated heterocycles. The molecule has 0 fully saturated rings. The molecule has 0 N–H and O–H groups in total. The van der Waals surface area contributed by atoms with Crippen LogP contribution in [0.2, 0.25) is 0 Å². The lowest BCUT2D eigenvalue weighted by Gasteiger charge is -2.14. The van der Waals surface area contributed by atoms with Gasteiger partial charge in [0, 0.05) is 26.1 Å². The van der Waals surface area contributed by atoms with Gasteiger partial charge in [0.1, 0.15) is 0 Å². The SMILES string of the molecule is Cl.[2H]C([2H])([2H])C([2H])([2H])N(CCCl)C([2H])([2H])C([2H])([2H])[2H]. The number of hydrogen-bond donors (Lipinski definition) is 0. The van der Waals surface area contributed by atoms with E-state index in [9.17, 15) is 0 Å². The van der Waals surface area contributed by atoms with E-state index in [0.29, 0.717) is 0 Å². The summed E-state index contributed by atoms with van der Waals surface area (Å²) in [7, 11) is 0. The molecule has 3 heteroatoms. The second-order valence-electron chi connectivity index (χ2n) is 1.06. The molecule has 0 aliphatic carbocycles. The molecule has 0 atom stereocenters. The largest absolute Gasteiger partial charge is 0.303 e. The van der Waals surface area contributed by atoms with Crippen molar-refractivity contribution in [1.29, 1.82) is 0 Å². The van der Waals surface area contributed by atoms with Gasteiger partial charge >= 0.3 is 0 Å². The lowest BCUT2D eigenvalue weighted by atomic mass is 10.5. The van der Waals surface area contributed by atoms with Gasteiger partial charge in [-0.1, -0.05) is 13.7 Å². The second kappa shape index (κ2) is 8.54. The Kier molecular flexibility index (Phi) is 2.15. The molecular formula is C6H15Cl2N. The summed E-state index contributed by atoms with van der Waals surface area (Å²) in [5.74, 6) is -0.300. The van der Waals surface area contributed by atoms with Crippen molar-refractivity contribution in [3.05, 3.63) is 0 Å². The van der Waals surface area contributed by atoms with E-state index in [4.69, 9.17) is 25.3 Å². The molecule has 0 unspecified atom stereocenters. The highest BCUT2D eigenvalue weighted by Gasteiger charge is 1.93. The number of rotatable bonds is 4. The number of halogens is 2. The van der Waals surface area contributed by atoms with E-state index < -0.39 is 33.2 Å². The molecule has 0 amide bonds. The summed E-state index contributed by atoms with van der Waals surface area (Å²) in [5.41, 5.74) is 0.